The van der Waals surface area contributed by atoms with E-state index in [1.54, 1.807) is 24.3 Å². The fourth-order valence-corrected chi connectivity index (χ4v) is 3.94. The second-order valence-corrected chi connectivity index (χ2v) is 8.64. The highest BCUT2D eigenvalue weighted by Crippen LogP contribution is 2.36. The first-order valence-electron chi connectivity index (χ1n) is 11.4. The van der Waals surface area contributed by atoms with Gasteiger partial charge in [0, 0.05) is 27.7 Å². The molecule has 0 bridgehead atoms. The second-order valence-electron chi connectivity index (χ2n) is 7.80. The molecule has 0 aromatic heterocycles. The van der Waals surface area contributed by atoms with Crippen LogP contribution in [-0.4, -0.2) is 12.5 Å². The van der Waals surface area contributed by atoms with E-state index in [0.717, 1.165) is 16.7 Å². The van der Waals surface area contributed by atoms with Crippen LogP contribution in [0, 0.1) is 11.3 Å². The number of nitrogens with zero attached hydrogens (tertiary/aromatic N) is 1. The van der Waals surface area contributed by atoms with Gasteiger partial charge < -0.3 is 14.8 Å². The predicted octanol–water partition coefficient (Wildman–Crippen LogP) is 6.92. The maximum absolute atomic E-state index is 12.7. The number of carbonyl (C=O) groups is 1. The van der Waals surface area contributed by atoms with Crippen LogP contribution in [-0.2, 0) is 24.4 Å². The largest absolute Gasteiger partial charge is 0.490 e. The summed E-state index contributed by atoms with van der Waals surface area (Å²) in [6, 6.07) is 20.3. The quantitative estimate of drug-likeness (QED) is 0.169. The fraction of sp³-hybridized carbons (Fsp3) is 0.172. The molecule has 0 saturated heterocycles. The topological polar surface area (TPSA) is 71.4 Å². The standard InChI is InChI=1S/C29H26Cl2N2O3/c1-3-8-22-13-21(14-24(17-32)29(34)33-18-20-9-6-5-7-10-20)15-27(35-4-2)28(22)36-19-23-11-12-25(30)16-26(23)31/h3,5-7,9-16H,1,4,8,18-19H2,2H3,(H,33,34)/b24-14+. The molecule has 5 nitrogen and oxygen atoms in total. The summed E-state index contributed by atoms with van der Waals surface area (Å²) in [4.78, 5) is 12.7. The van der Waals surface area contributed by atoms with E-state index in [9.17, 15) is 10.1 Å². The van der Waals surface area contributed by atoms with Crippen molar-refractivity contribution in [3.05, 3.63) is 111 Å². The van der Waals surface area contributed by atoms with Crippen molar-refractivity contribution < 1.29 is 14.3 Å². The zero-order valence-corrected chi connectivity index (χ0v) is 21.4. The van der Waals surface area contributed by atoms with Crippen molar-refractivity contribution in [3.8, 4) is 17.6 Å². The minimum Gasteiger partial charge on any atom is -0.490 e. The van der Waals surface area contributed by atoms with E-state index in [1.165, 1.54) is 6.08 Å². The van der Waals surface area contributed by atoms with Crippen LogP contribution < -0.4 is 14.8 Å². The van der Waals surface area contributed by atoms with Gasteiger partial charge in [-0.1, -0.05) is 65.7 Å². The number of ether oxygens (including phenoxy) is 2. The summed E-state index contributed by atoms with van der Waals surface area (Å²) in [6.45, 7) is 6.64. The Morgan fingerprint density at radius 2 is 1.86 bits per heavy atom. The monoisotopic (exact) mass is 520 g/mol. The molecule has 1 N–H and O–H groups in total. The third-order valence-corrected chi connectivity index (χ3v) is 5.76. The van der Waals surface area contributed by atoms with E-state index in [-0.39, 0.29) is 12.2 Å². The first kappa shape index (κ1) is 26.9. The van der Waals surface area contributed by atoms with Gasteiger partial charge in [-0.15, -0.1) is 6.58 Å². The Morgan fingerprint density at radius 1 is 1.08 bits per heavy atom. The van der Waals surface area contributed by atoms with Gasteiger partial charge in [-0.25, -0.2) is 0 Å². The molecule has 0 aliphatic carbocycles. The van der Waals surface area contributed by atoms with Crippen LogP contribution >= 0.6 is 23.2 Å². The van der Waals surface area contributed by atoms with Crippen LogP contribution in [0.4, 0.5) is 0 Å². The van der Waals surface area contributed by atoms with E-state index in [0.29, 0.717) is 46.7 Å². The molecule has 0 saturated carbocycles. The van der Waals surface area contributed by atoms with Crippen LogP contribution in [0.15, 0.2) is 78.9 Å². The van der Waals surface area contributed by atoms with Gasteiger partial charge in [0.1, 0.15) is 18.2 Å². The lowest BCUT2D eigenvalue weighted by atomic mass is 10.0. The van der Waals surface area contributed by atoms with Crippen LogP contribution in [0.25, 0.3) is 6.08 Å². The van der Waals surface area contributed by atoms with Crippen LogP contribution in [0.2, 0.25) is 10.0 Å². The lowest BCUT2D eigenvalue weighted by Gasteiger charge is -2.17. The number of carbonyl (C=O) groups excluding carboxylic acids is 1. The summed E-state index contributed by atoms with van der Waals surface area (Å²) < 4.78 is 12.0. The van der Waals surface area contributed by atoms with E-state index in [1.807, 2.05) is 55.5 Å². The second kappa shape index (κ2) is 13.4. The smallest absolute Gasteiger partial charge is 0.262 e. The molecule has 0 spiro atoms. The number of hydrogen-bond donors (Lipinski definition) is 1. The van der Waals surface area contributed by atoms with Crippen molar-refractivity contribution in [2.75, 3.05) is 6.61 Å². The van der Waals surface area contributed by atoms with E-state index in [4.69, 9.17) is 32.7 Å². The van der Waals surface area contributed by atoms with E-state index >= 15 is 0 Å². The number of hydrogen-bond acceptors (Lipinski definition) is 4. The van der Waals surface area contributed by atoms with Gasteiger partial charge in [-0.3, -0.25) is 4.79 Å². The number of nitrogens with one attached hydrogen (secondary N) is 1. The minimum absolute atomic E-state index is 0.0143. The van der Waals surface area contributed by atoms with Crippen molar-refractivity contribution in [3.63, 3.8) is 0 Å². The van der Waals surface area contributed by atoms with Gasteiger partial charge in [0.05, 0.1) is 6.61 Å². The highest BCUT2D eigenvalue weighted by molar-refractivity contribution is 6.35. The molecule has 0 atom stereocenters. The molecule has 0 fully saturated rings. The molecule has 3 aromatic rings. The molecule has 0 aliphatic heterocycles. The summed E-state index contributed by atoms with van der Waals surface area (Å²) in [5.74, 6) is 0.587. The number of halogens is 2. The SMILES string of the molecule is C=CCc1cc(/C=C(\C#N)C(=O)NCc2ccccc2)cc(OCC)c1OCc1ccc(Cl)cc1Cl. The molecule has 3 rings (SSSR count). The average molecular weight is 521 g/mol. The van der Waals surface area contributed by atoms with Crippen LogP contribution in [0.1, 0.15) is 29.2 Å². The van der Waals surface area contributed by atoms with Crippen molar-refractivity contribution in [2.45, 2.75) is 26.5 Å². The van der Waals surface area contributed by atoms with Gasteiger partial charge in [0.25, 0.3) is 5.91 Å². The Hall–Kier alpha value is -3.72. The Kier molecular flexibility index (Phi) is 10.00. The number of allylic oxidation sites excluding steroid dienone is 1. The first-order chi connectivity index (χ1) is 17.4. The third-order valence-electron chi connectivity index (χ3n) is 5.18. The fourth-order valence-electron chi connectivity index (χ4n) is 3.48. The number of benzene rings is 3. The molecular weight excluding hydrogens is 495 g/mol. The summed E-state index contributed by atoms with van der Waals surface area (Å²) in [6.07, 6.45) is 3.78. The first-order valence-corrected chi connectivity index (χ1v) is 12.1. The summed E-state index contributed by atoms with van der Waals surface area (Å²) >= 11 is 12.3. The summed E-state index contributed by atoms with van der Waals surface area (Å²) in [5, 5.41) is 13.5. The van der Waals surface area contributed by atoms with Gasteiger partial charge in [-0.2, -0.15) is 5.26 Å². The van der Waals surface area contributed by atoms with Gasteiger partial charge in [0.15, 0.2) is 11.5 Å². The molecule has 0 heterocycles. The highest BCUT2D eigenvalue weighted by atomic mass is 35.5. The normalized spacial score (nSPS) is 10.9. The Labute approximate surface area is 221 Å². The predicted molar refractivity (Wildman–Crippen MR) is 144 cm³/mol. The molecule has 184 valence electrons. The van der Waals surface area contributed by atoms with Crippen LogP contribution in [0.3, 0.4) is 0 Å². The van der Waals surface area contributed by atoms with Crippen molar-refractivity contribution in [2.24, 2.45) is 0 Å². The van der Waals surface area contributed by atoms with E-state index < -0.39 is 5.91 Å². The highest BCUT2D eigenvalue weighted by Gasteiger charge is 2.16. The minimum atomic E-state index is -0.456. The van der Waals surface area contributed by atoms with E-state index in [2.05, 4.69) is 11.9 Å². The number of rotatable bonds is 11. The maximum atomic E-state index is 12.7. The molecule has 1 amide bonds. The summed E-state index contributed by atoms with van der Waals surface area (Å²) in [5.41, 5.74) is 3.14. The van der Waals surface area contributed by atoms with Gasteiger partial charge >= 0.3 is 0 Å². The lowest BCUT2D eigenvalue weighted by molar-refractivity contribution is -0.117. The summed E-state index contributed by atoms with van der Waals surface area (Å²) in [7, 11) is 0. The molecule has 7 heteroatoms. The molecule has 0 aliphatic rings. The maximum Gasteiger partial charge on any atom is 0.262 e. The molecule has 0 unspecified atom stereocenters. The van der Waals surface area contributed by atoms with Crippen molar-refractivity contribution >= 4 is 35.2 Å². The number of amides is 1. The van der Waals surface area contributed by atoms with Gasteiger partial charge in [-0.05, 0) is 54.8 Å². The number of nitriles is 1. The Balaban J connectivity index is 1.88. The van der Waals surface area contributed by atoms with Gasteiger partial charge in [0.2, 0.25) is 0 Å². The van der Waals surface area contributed by atoms with Crippen molar-refractivity contribution in [1.29, 1.82) is 5.26 Å². The zero-order chi connectivity index (χ0) is 25.9. The van der Waals surface area contributed by atoms with Crippen LogP contribution in [0.5, 0.6) is 11.5 Å². The molecular formula is C29H26Cl2N2O3. The zero-order valence-electron chi connectivity index (χ0n) is 19.9. The molecule has 0 radical (unpaired) electrons. The third kappa shape index (κ3) is 7.39. The Morgan fingerprint density at radius 3 is 2.53 bits per heavy atom. The Bertz CT molecular complexity index is 1300. The molecule has 3 aromatic carbocycles. The lowest BCUT2D eigenvalue weighted by Crippen LogP contribution is -2.23. The van der Waals surface area contributed by atoms with Crippen molar-refractivity contribution in [1.82, 2.24) is 5.32 Å². The average Bonchev–Trinajstić information content (AvgIpc) is 2.87. The molecule has 36 heavy (non-hydrogen) atoms.